The molecule has 300 valence electrons. The summed E-state index contributed by atoms with van der Waals surface area (Å²) < 4.78 is 2.43. The number of nitrogens with zero attached hydrogens (tertiary/aromatic N) is 2. The molecule has 64 heavy (non-hydrogen) atoms. The molecule has 0 fully saturated rings. The van der Waals surface area contributed by atoms with Crippen LogP contribution < -0.4 is 4.90 Å². The zero-order valence-electron chi connectivity index (χ0n) is 35.1. The van der Waals surface area contributed by atoms with Crippen molar-refractivity contribution < 1.29 is 0 Å². The van der Waals surface area contributed by atoms with Crippen LogP contribution in [0.1, 0.15) is 0 Å². The lowest BCUT2D eigenvalue weighted by atomic mass is 9.90. The van der Waals surface area contributed by atoms with Gasteiger partial charge in [-0.3, -0.25) is 0 Å². The largest absolute Gasteiger partial charge is 0.309 e. The second-order valence-electron chi connectivity index (χ2n) is 16.4. The van der Waals surface area contributed by atoms with Gasteiger partial charge in [0.05, 0.1) is 22.4 Å². The Morgan fingerprint density at radius 2 is 0.797 bits per heavy atom. The van der Waals surface area contributed by atoms with Crippen LogP contribution in [0.2, 0.25) is 0 Å². The molecule has 0 aliphatic rings. The first-order valence-electron chi connectivity index (χ1n) is 22.0. The van der Waals surface area contributed by atoms with E-state index in [0.717, 1.165) is 39.4 Å². The molecule has 0 saturated carbocycles. The molecule has 1 heterocycles. The van der Waals surface area contributed by atoms with E-state index < -0.39 is 0 Å². The third-order valence-electron chi connectivity index (χ3n) is 12.8. The Balaban J connectivity index is 1.14. The summed E-state index contributed by atoms with van der Waals surface area (Å²) in [4.78, 5) is 2.49. The van der Waals surface area contributed by atoms with E-state index >= 15 is 0 Å². The van der Waals surface area contributed by atoms with Crippen molar-refractivity contribution >= 4 is 60.4 Å². The first-order valence-corrected chi connectivity index (χ1v) is 22.0. The first-order chi connectivity index (χ1) is 31.8. The molecule has 12 rings (SSSR count). The average molecular weight is 815 g/mol. The maximum atomic E-state index is 2.49. The summed E-state index contributed by atoms with van der Waals surface area (Å²) in [5.74, 6) is 0. The lowest BCUT2D eigenvalue weighted by Crippen LogP contribution is -2.12. The maximum Gasteiger partial charge on any atom is 0.0619 e. The fourth-order valence-corrected chi connectivity index (χ4v) is 9.99. The molecule has 0 saturated heterocycles. The van der Waals surface area contributed by atoms with Gasteiger partial charge < -0.3 is 9.47 Å². The summed E-state index contributed by atoms with van der Waals surface area (Å²) in [6, 6.07) is 92.8. The van der Waals surface area contributed by atoms with Crippen LogP contribution >= 0.6 is 0 Å². The van der Waals surface area contributed by atoms with Crippen molar-refractivity contribution in [1.82, 2.24) is 4.57 Å². The van der Waals surface area contributed by atoms with Crippen LogP contribution in [0.4, 0.5) is 17.1 Å². The number of hydrogen-bond donors (Lipinski definition) is 0. The highest BCUT2D eigenvalue weighted by Gasteiger charge is 2.24. The summed E-state index contributed by atoms with van der Waals surface area (Å²) in [6.07, 6.45) is 0. The number of aromatic nitrogens is 1. The molecule has 0 aliphatic carbocycles. The van der Waals surface area contributed by atoms with E-state index in [9.17, 15) is 0 Å². The number of fused-ring (bicyclic) bond motifs is 5. The van der Waals surface area contributed by atoms with Crippen LogP contribution in [0.25, 0.3) is 93.5 Å². The molecule has 0 radical (unpaired) electrons. The lowest BCUT2D eigenvalue weighted by Gasteiger charge is -2.31. The number of benzene rings is 11. The topological polar surface area (TPSA) is 8.17 Å². The van der Waals surface area contributed by atoms with Crippen molar-refractivity contribution in [2.24, 2.45) is 0 Å². The van der Waals surface area contributed by atoms with Gasteiger partial charge in [0.15, 0.2) is 0 Å². The molecule has 11 aromatic carbocycles. The minimum atomic E-state index is 1.07. The number of rotatable bonds is 8. The molecule has 0 aliphatic heterocycles. The SMILES string of the molecule is c1ccc(-c2cccc3cccc(-c4ccccc4N(c4cccc(-c5cccc6c7ccccc7n(-c7ccccc7)c56)c4)c4ccccc4-c4cccc5ccccc45)c23)cc1. The van der Waals surface area contributed by atoms with E-state index in [-0.39, 0.29) is 0 Å². The van der Waals surface area contributed by atoms with Gasteiger partial charge in [0, 0.05) is 38.8 Å². The zero-order valence-corrected chi connectivity index (χ0v) is 35.1. The summed E-state index contributed by atoms with van der Waals surface area (Å²) in [5.41, 5.74) is 16.2. The van der Waals surface area contributed by atoms with Crippen molar-refractivity contribution in [3.8, 4) is 50.2 Å². The molecule has 0 N–H and O–H groups in total. The molecule has 0 bridgehead atoms. The van der Waals surface area contributed by atoms with Gasteiger partial charge in [-0.2, -0.15) is 0 Å². The normalized spacial score (nSPS) is 11.4. The highest BCUT2D eigenvalue weighted by atomic mass is 15.1. The standard InChI is InChI=1S/C62H42N2/c1-3-20-44(21-4-1)50-34-17-24-45-25-18-37-56(61(45)50)54-32-10-13-40-59(54)63(58-39-12-9-31-53(58)52-36-16-23-43-22-7-8-30-49(43)52)48-29-15-26-46(42-48)51-35-19-38-57-55-33-11-14-41-60(55)64(62(51)57)47-27-5-2-6-28-47/h1-42H. The van der Waals surface area contributed by atoms with Gasteiger partial charge >= 0.3 is 0 Å². The summed E-state index contributed by atoms with van der Waals surface area (Å²) in [5, 5.41) is 7.36. The van der Waals surface area contributed by atoms with Crippen LogP contribution in [0.3, 0.4) is 0 Å². The highest BCUT2D eigenvalue weighted by Crippen LogP contribution is 2.49. The molecule has 2 heteroatoms. The Kier molecular flexibility index (Phi) is 9.20. The zero-order chi connectivity index (χ0) is 42.4. The van der Waals surface area contributed by atoms with E-state index in [1.807, 2.05) is 0 Å². The summed E-state index contributed by atoms with van der Waals surface area (Å²) in [6.45, 7) is 0. The van der Waals surface area contributed by atoms with Crippen LogP contribution in [-0.4, -0.2) is 4.57 Å². The number of anilines is 3. The van der Waals surface area contributed by atoms with Crippen LogP contribution in [0.15, 0.2) is 255 Å². The van der Waals surface area contributed by atoms with E-state index in [0.29, 0.717) is 0 Å². The maximum absolute atomic E-state index is 2.49. The van der Waals surface area contributed by atoms with Gasteiger partial charge in [0.2, 0.25) is 0 Å². The Morgan fingerprint density at radius 3 is 1.58 bits per heavy atom. The quantitative estimate of drug-likeness (QED) is 0.148. The Hall–Kier alpha value is -8.46. The van der Waals surface area contributed by atoms with Crippen LogP contribution in [-0.2, 0) is 0 Å². The minimum Gasteiger partial charge on any atom is -0.309 e. The monoisotopic (exact) mass is 814 g/mol. The van der Waals surface area contributed by atoms with Crippen LogP contribution in [0.5, 0.6) is 0 Å². The average Bonchev–Trinajstić information content (AvgIpc) is 3.72. The third kappa shape index (κ3) is 6.27. The fraction of sp³-hybridized carbons (Fsp3) is 0. The van der Waals surface area contributed by atoms with Gasteiger partial charge in [0.1, 0.15) is 0 Å². The molecule has 0 unspecified atom stereocenters. The van der Waals surface area contributed by atoms with E-state index in [2.05, 4.69) is 264 Å². The molecule has 0 atom stereocenters. The second kappa shape index (κ2) is 15.8. The Bertz CT molecular complexity index is 3670. The molecule has 0 amide bonds. The first kappa shape index (κ1) is 37.3. The van der Waals surface area contributed by atoms with Crippen molar-refractivity contribution in [2.75, 3.05) is 4.90 Å². The van der Waals surface area contributed by atoms with Crippen LogP contribution in [0, 0.1) is 0 Å². The molecular formula is C62H42N2. The van der Waals surface area contributed by atoms with Gasteiger partial charge in [-0.25, -0.2) is 0 Å². The van der Waals surface area contributed by atoms with Gasteiger partial charge in [0.25, 0.3) is 0 Å². The Morgan fingerprint density at radius 1 is 0.297 bits per heavy atom. The summed E-state index contributed by atoms with van der Waals surface area (Å²) >= 11 is 0. The van der Waals surface area contributed by atoms with Crippen molar-refractivity contribution in [2.45, 2.75) is 0 Å². The Labute approximate surface area is 373 Å². The van der Waals surface area contributed by atoms with Gasteiger partial charge in [-0.1, -0.05) is 212 Å². The fourth-order valence-electron chi connectivity index (χ4n) is 9.99. The van der Waals surface area contributed by atoms with E-state index in [1.165, 1.54) is 71.2 Å². The van der Waals surface area contributed by atoms with Crippen molar-refractivity contribution in [3.05, 3.63) is 255 Å². The predicted octanol–water partition coefficient (Wildman–Crippen LogP) is 17.2. The van der Waals surface area contributed by atoms with Gasteiger partial charge in [-0.15, -0.1) is 0 Å². The second-order valence-corrected chi connectivity index (χ2v) is 16.4. The predicted molar refractivity (Wildman–Crippen MR) is 272 cm³/mol. The molecular weight excluding hydrogens is 773 g/mol. The van der Waals surface area contributed by atoms with E-state index in [1.54, 1.807) is 0 Å². The lowest BCUT2D eigenvalue weighted by molar-refractivity contribution is 1.18. The number of hydrogen-bond acceptors (Lipinski definition) is 1. The molecule has 0 spiro atoms. The molecule has 12 aromatic rings. The van der Waals surface area contributed by atoms with Gasteiger partial charge in [-0.05, 0) is 91.8 Å². The smallest absolute Gasteiger partial charge is 0.0619 e. The van der Waals surface area contributed by atoms with E-state index in [4.69, 9.17) is 0 Å². The summed E-state index contributed by atoms with van der Waals surface area (Å²) in [7, 11) is 0. The molecule has 2 nitrogen and oxygen atoms in total. The molecule has 1 aromatic heterocycles. The number of para-hydroxylation sites is 5. The van der Waals surface area contributed by atoms with Crippen molar-refractivity contribution in [3.63, 3.8) is 0 Å². The highest BCUT2D eigenvalue weighted by molar-refractivity contribution is 6.14. The minimum absolute atomic E-state index is 1.07. The van der Waals surface area contributed by atoms with Crippen molar-refractivity contribution in [1.29, 1.82) is 0 Å². The third-order valence-corrected chi connectivity index (χ3v) is 12.8.